The van der Waals surface area contributed by atoms with Crippen molar-refractivity contribution in [3.05, 3.63) is 90.0 Å². The third-order valence-electron chi connectivity index (χ3n) is 7.58. The molecule has 182 valence electrons. The van der Waals surface area contributed by atoms with Crippen LogP contribution in [0.2, 0.25) is 0 Å². The SMILES string of the molecule is COC[C@@H]1[C@H](c2ccc(-c3ccccc3C)cc2)[C@@H]2CN(C(=O)Nc3ccccc3)CCCCN12. The molecule has 1 N–H and O–H groups in total. The number of methoxy groups -OCH3 is 1. The maximum atomic E-state index is 13.2. The lowest BCUT2D eigenvalue weighted by atomic mass is 9.74. The van der Waals surface area contributed by atoms with Gasteiger partial charge in [-0.25, -0.2) is 4.79 Å². The summed E-state index contributed by atoms with van der Waals surface area (Å²) in [7, 11) is 1.79. The number of hydrogen-bond donors (Lipinski definition) is 1. The molecule has 2 saturated heterocycles. The van der Waals surface area contributed by atoms with Gasteiger partial charge in [0.25, 0.3) is 0 Å². The molecule has 3 atom stereocenters. The lowest BCUT2D eigenvalue weighted by molar-refractivity contribution is -0.0663. The highest BCUT2D eigenvalue weighted by Gasteiger charge is 2.49. The fourth-order valence-electron chi connectivity index (χ4n) is 5.78. The zero-order chi connectivity index (χ0) is 24.2. The summed E-state index contributed by atoms with van der Waals surface area (Å²) in [6, 6.07) is 27.9. The molecule has 3 aromatic rings. The van der Waals surface area contributed by atoms with E-state index < -0.39 is 0 Å². The van der Waals surface area contributed by atoms with Crippen LogP contribution in [0, 0.1) is 6.92 Å². The van der Waals surface area contributed by atoms with Crippen molar-refractivity contribution in [2.45, 2.75) is 37.8 Å². The molecule has 0 bridgehead atoms. The Morgan fingerprint density at radius 3 is 2.40 bits per heavy atom. The van der Waals surface area contributed by atoms with Gasteiger partial charge in [-0.05, 0) is 60.7 Å². The van der Waals surface area contributed by atoms with E-state index in [-0.39, 0.29) is 6.03 Å². The number of ether oxygens (including phenoxy) is 1. The lowest BCUT2D eigenvalue weighted by Crippen LogP contribution is -2.68. The van der Waals surface area contributed by atoms with E-state index in [1.165, 1.54) is 22.3 Å². The maximum absolute atomic E-state index is 13.2. The van der Waals surface area contributed by atoms with E-state index in [1.54, 1.807) is 7.11 Å². The summed E-state index contributed by atoms with van der Waals surface area (Å²) in [5, 5.41) is 3.08. The van der Waals surface area contributed by atoms with Gasteiger partial charge in [0.1, 0.15) is 0 Å². The minimum absolute atomic E-state index is 0.0121. The van der Waals surface area contributed by atoms with E-state index in [4.69, 9.17) is 4.74 Å². The van der Waals surface area contributed by atoms with Crippen LogP contribution in [0.3, 0.4) is 0 Å². The summed E-state index contributed by atoms with van der Waals surface area (Å²) in [4.78, 5) is 17.7. The summed E-state index contributed by atoms with van der Waals surface area (Å²) in [5.74, 6) is 0.339. The third kappa shape index (κ3) is 4.97. The molecule has 2 amide bonds. The number of amides is 2. The second-order valence-corrected chi connectivity index (χ2v) is 9.74. The van der Waals surface area contributed by atoms with Crippen LogP contribution >= 0.6 is 0 Å². The lowest BCUT2D eigenvalue weighted by Gasteiger charge is -2.57. The quantitative estimate of drug-likeness (QED) is 0.516. The Hall–Kier alpha value is -3.15. The molecule has 5 nitrogen and oxygen atoms in total. The van der Waals surface area contributed by atoms with Crippen molar-refractivity contribution in [2.24, 2.45) is 0 Å². The van der Waals surface area contributed by atoms with Crippen molar-refractivity contribution in [1.82, 2.24) is 9.80 Å². The number of urea groups is 1. The number of benzene rings is 3. The third-order valence-corrected chi connectivity index (χ3v) is 7.58. The van der Waals surface area contributed by atoms with E-state index in [9.17, 15) is 4.79 Å². The van der Waals surface area contributed by atoms with E-state index in [1.807, 2.05) is 35.2 Å². The Bertz CT molecular complexity index is 1130. The van der Waals surface area contributed by atoms with Gasteiger partial charge in [0, 0.05) is 43.9 Å². The first-order valence-electron chi connectivity index (χ1n) is 12.7. The predicted octanol–water partition coefficient (Wildman–Crippen LogP) is 5.77. The number of fused-ring (bicyclic) bond motifs is 1. The van der Waals surface area contributed by atoms with Crippen molar-refractivity contribution in [2.75, 3.05) is 38.7 Å². The van der Waals surface area contributed by atoms with Gasteiger partial charge in [-0.2, -0.15) is 0 Å². The number of nitrogens with zero attached hydrogens (tertiary/aromatic N) is 2. The Morgan fingerprint density at radius 2 is 1.66 bits per heavy atom. The molecule has 5 heteroatoms. The number of hydrogen-bond acceptors (Lipinski definition) is 3. The van der Waals surface area contributed by atoms with Crippen molar-refractivity contribution in [3.8, 4) is 11.1 Å². The van der Waals surface area contributed by atoms with Gasteiger partial charge in [-0.3, -0.25) is 4.90 Å². The van der Waals surface area contributed by atoms with Gasteiger partial charge in [0.2, 0.25) is 0 Å². The molecule has 2 aliphatic rings. The molecule has 2 aliphatic heterocycles. The van der Waals surface area contributed by atoms with Crippen LogP contribution in [0.1, 0.15) is 29.9 Å². The second kappa shape index (κ2) is 10.6. The van der Waals surface area contributed by atoms with Gasteiger partial charge >= 0.3 is 6.03 Å². The molecule has 2 heterocycles. The highest BCUT2D eigenvalue weighted by Crippen LogP contribution is 2.42. The molecule has 0 saturated carbocycles. The minimum Gasteiger partial charge on any atom is -0.383 e. The molecule has 0 spiro atoms. The molecule has 2 fully saturated rings. The summed E-state index contributed by atoms with van der Waals surface area (Å²) in [6.45, 7) is 5.44. The van der Waals surface area contributed by atoms with Crippen molar-refractivity contribution in [1.29, 1.82) is 0 Å². The Morgan fingerprint density at radius 1 is 0.943 bits per heavy atom. The number of carbonyl (C=O) groups is 1. The molecule has 0 radical (unpaired) electrons. The Labute approximate surface area is 208 Å². The number of rotatable bonds is 5. The zero-order valence-corrected chi connectivity index (χ0v) is 20.7. The van der Waals surface area contributed by atoms with E-state index in [0.29, 0.717) is 24.6 Å². The van der Waals surface area contributed by atoms with Crippen LogP contribution in [0.25, 0.3) is 11.1 Å². The zero-order valence-electron chi connectivity index (χ0n) is 20.7. The molecular weight excluding hydrogens is 434 g/mol. The average molecular weight is 470 g/mol. The van der Waals surface area contributed by atoms with Crippen LogP contribution in [0.15, 0.2) is 78.9 Å². The van der Waals surface area contributed by atoms with Crippen LogP contribution in [0.5, 0.6) is 0 Å². The van der Waals surface area contributed by atoms with Gasteiger partial charge in [-0.1, -0.05) is 66.7 Å². The monoisotopic (exact) mass is 469 g/mol. The van der Waals surface area contributed by atoms with Crippen molar-refractivity contribution < 1.29 is 9.53 Å². The fourth-order valence-corrected chi connectivity index (χ4v) is 5.78. The van der Waals surface area contributed by atoms with Crippen molar-refractivity contribution >= 4 is 11.7 Å². The number of nitrogens with one attached hydrogen (secondary N) is 1. The predicted molar refractivity (Wildman–Crippen MR) is 142 cm³/mol. The number of para-hydroxylation sites is 1. The summed E-state index contributed by atoms with van der Waals surface area (Å²) in [6.07, 6.45) is 2.10. The number of carbonyl (C=O) groups excluding carboxylic acids is 1. The van der Waals surface area contributed by atoms with Gasteiger partial charge in [0.15, 0.2) is 0 Å². The largest absolute Gasteiger partial charge is 0.383 e. The van der Waals surface area contributed by atoms with Crippen LogP contribution in [0.4, 0.5) is 10.5 Å². The van der Waals surface area contributed by atoms with Gasteiger partial charge in [-0.15, -0.1) is 0 Å². The first kappa shape index (κ1) is 23.6. The van der Waals surface area contributed by atoms with E-state index in [2.05, 4.69) is 65.7 Å². The normalized spacial score (nSPS) is 22.5. The average Bonchev–Trinajstić information content (AvgIpc) is 2.86. The second-order valence-electron chi connectivity index (χ2n) is 9.74. The molecule has 0 aliphatic carbocycles. The van der Waals surface area contributed by atoms with Crippen LogP contribution in [-0.4, -0.2) is 61.3 Å². The topological polar surface area (TPSA) is 44.8 Å². The molecule has 5 rings (SSSR count). The molecule has 3 aromatic carbocycles. The maximum Gasteiger partial charge on any atom is 0.321 e. The standard InChI is InChI=1S/C30H35N3O2/c1-22-10-6-7-13-26(22)23-14-16-24(17-15-23)29-27-20-32(30(34)31-25-11-4-3-5-12-25)18-8-9-19-33(27)28(29)21-35-2/h3-7,10-17,27-29H,8-9,18-21H2,1-2H3,(H,31,34)/t27-,28+,29+/m0/s1. The van der Waals surface area contributed by atoms with E-state index >= 15 is 0 Å². The van der Waals surface area contributed by atoms with Crippen LogP contribution < -0.4 is 5.32 Å². The minimum atomic E-state index is -0.0121. The number of aryl methyl sites for hydroxylation is 1. The van der Waals surface area contributed by atoms with Gasteiger partial charge < -0.3 is 15.0 Å². The first-order chi connectivity index (χ1) is 17.2. The van der Waals surface area contributed by atoms with Gasteiger partial charge in [0.05, 0.1) is 6.61 Å². The highest BCUT2D eigenvalue weighted by atomic mass is 16.5. The highest BCUT2D eigenvalue weighted by molar-refractivity contribution is 5.89. The van der Waals surface area contributed by atoms with Crippen molar-refractivity contribution in [3.63, 3.8) is 0 Å². The molecular formula is C30H35N3O2. The Balaban J connectivity index is 1.37. The summed E-state index contributed by atoms with van der Waals surface area (Å²) < 4.78 is 5.65. The first-order valence-corrected chi connectivity index (χ1v) is 12.7. The smallest absolute Gasteiger partial charge is 0.321 e. The molecule has 35 heavy (non-hydrogen) atoms. The summed E-state index contributed by atoms with van der Waals surface area (Å²) >= 11 is 0. The van der Waals surface area contributed by atoms with E-state index in [0.717, 1.165) is 38.2 Å². The number of anilines is 1. The Kier molecular flexibility index (Phi) is 7.16. The molecule has 0 unspecified atom stereocenters. The molecule has 0 aromatic heterocycles. The summed E-state index contributed by atoms with van der Waals surface area (Å²) in [5.41, 5.74) is 5.97. The van der Waals surface area contributed by atoms with Crippen LogP contribution in [-0.2, 0) is 4.74 Å². The fraction of sp³-hybridized carbons (Fsp3) is 0.367.